The summed E-state index contributed by atoms with van der Waals surface area (Å²) in [6.07, 6.45) is 6.44. The highest BCUT2D eigenvalue weighted by Crippen LogP contribution is 2.34. The molecule has 3 atom stereocenters. The monoisotopic (exact) mass is 281 g/mol. The highest BCUT2D eigenvalue weighted by molar-refractivity contribution is 7.99. The second-order valence-electron chi connectivity index (χ2n) is 5.61. The molecular formula is C16H24FNS. The van der Waals surface area contributed by atoms with E-state index in [9.17, 15) is 4.39 Å². The first-order valence-electron chi connectivity index (χ1n) is 7.33. The fourth-order valence-corrected chi connectivity index (χ4v) is 4.00. The molecule has 0 heterocycles. The van der Waals surface area contributed by atoms with Crippen LogP contribution < -0.4 is 5.73 Å². The summed E-state index contributed by atoms with van der Waals surface area (Å²) in [5, 5.41) is 0. The van der Waals surface area contributed by atoms with Crippen LogP contribution in [-0.2, 0) is 0 Å². The van der Waals surface area contributed by atoms with Gasteiger partial charge < -0.3 is 5.73 Å². The van der Waals surface area contributed by atoms with Crippen LogP contribution in [0.1, 0.15) is 39.0 Å². The normalized spacial score (nSPS) is 25.2. The van der Waals surface area contributed by atoms with Crippen LogP contribution in [0.2, 0.25) is 0 Å². The number of halogens is 1. The molecule has 0 bridgehead atoms. The number of hydrogen-bond acceptors (Lipinski definition) is 2. The maximum Gasteiger partial charge on any atom is 0.136 e. The van der Waals surface area contributed by atoms with Gasteiger partial charge in [-0.3, -0.25) is 0 Å². The summed E-state index contributed by atoms with van der Waals surface area (Å²) in [4.78, 5) is 0.723. The maximum atomic E-state index is 13.5. The Morgan fingerprint density at radius 1 is 1.37 bits per heavy atom. The Balaban J connectivity index is 1.84. The molecule has 0 spiro atoms. The Labute approximate surface area is 120 Å². The predicted molar refractivity (Wildman–Crippen MR) is 80.8 cm³/mol. The van der Waals surface area contributed by atoms with Crippen LogP contribution >= 0.6 is 11.8 Å². The van der Waals surface area contributed by atoms with Gasteiger partial charge in [0, 0.05) is 16.7 Å². The van der Waals surface area contributed by atoms with Crippen molar-refractivity contribution in [2.75, 3.05) is 5.75 Å². The molecule has 1 aliphatic carbocycles. The van der Waals surface area contributed by atoms with Crippen molar-refractivity contribution in [2.45, 2.75) is 50.0 Å². The van der Waals surface area contributed by atoms with Gasteiger partial charge in [0.15, 0.2) is 0 Å². The SMILES string of the molecule is CCC1CCCC(C(N)CSc2ccccc2F)C1. The first-order valence-corrected chi connectivity index (χ1v) is 8.32. The van der Waals surface area contributed by atoms with E-state index in [0.29, 0.717) is 5.92 Å². The third-order valence-corrected chi connectivity index (χ3v) is 5.47. The molecule has 0 amide bonds. The van der Waals surface area contributed by atoms with Crippen molar-refractivity contribution >= 4 is 11.8 Å². The standard InChI is InChI=1S/C16H24FNS/c1-2-12-6-5-7-13(10-12)15(18)11-19-16-9-4-3-8-14(16)17/h3-4,8-9,12-13,15H,2,5-7,10-11,18H2,1H3. The first kappa shape index (κ1) is 14.9. The van der Waals surface area contributed by atoms with Crippen molar-refractivity contribution in [1.29, 1.82) is 0 Å². The zero-order valence-electron chi connectivity index (χ0n) is 11.6. The molecular weight excluding hydrogens is 257 g/mol. The largest absolute Gasteiger partial charge is 0.327 e. The molecule has 3 heteroatoms. The van der Waals surface area contributed by atoms with Crippen LogP contribution in [0, 0.1) is 17.7 Å². The molecule has 1 aromatic carbocycles. The number of rotatable bonds is 5. The Bertz CT molecular complexity index is 396. The lowest BCUT2D eigenvalue weighted by molar-refractivity contribution is 0.238. The van der Waals surface area contributed by atoms with E-state index in [0.717, 1.165) is 16.6 Å². The van der Waals surface area contributed by atoms with Crippen molar-refractivity contribution in [2.24, 2.45) is 17.6 Å². The quantitative estimate of drug-likeness (QED) is 0.806. The Hall–Kier alpha value is -0.540. The van der Waals surface area contributed by atoms with E-state index in [1.807, 2.05) is 12.1 Å². The lowest BCUT2D eigenvalue weighted by Gasteiger charge is -2.32. The maximum absolute atomic E-state index is 13.5. The van der Waals surface area contributed by atoms with Crippen molar-refractivity contribution in [3.05, 3.63) is 30.1 Å². The van der Waals surface area contributed by atoms with E-state index in [-0.39, 0.29) is 11.9 Å². The highest BCUT2D eigenvalue weighted by atomic mass is 32.2. The number of nitrogens with two attached hydrogens (primary N) is 1. The second-order valence-corrected chi connectivity index (χ2v) is 6.67. The molecule has 2 N–H and O–H groups in total. The summed E-state index contributed by atoms with van der Waals surface area (Å²) in [6, 6.07) is 7.15. The van der Waals surface area contributed by atoms with E-state index in [2.05, 4.69) is 6.92 Å². The minimum absolute atomic E-state index is 0.130. The van der Waals surface area contributed by atoms with Crippen LogP contribution in [0.5, 0.6) is 0 Å². The Kier molecular flexibility index (Phi) is 5.71. The van der Waals surface area contributed by atoms with Crippen molar-refractivity contribution in [3.63, 3.8) is 0 Å². The topological polar surface area (TPSA) is 26.0 Å². The molecule has 1 nitrogen and oxygen atoms in total. The van der Waals surface area contributed by atoms with Crippen LogP contribution in [0.3, 0.4) is 0 Å². The van der Waals surface area contributed by atoms with E-state index in [1.165, 1.54) is 38.2 Å². The van der Waals surface area contributed by atoms with Gasteiger partial charge in [0.25, 0.3) is 0 Å². The van der Waals surface area contributed by atoms with Gasteiger partial charge >= 0.3 is 0 Å². The minimum Gasteiger partial charge on any atom is -0.327 e. The molecule has 1 saturated carbocycles. The van der Waals surface area contributed by atoms with Gasteiger partial charge in [-0.15, -0.1) is 11.8 Å². The fraction of sp³-hybridized carbons (Fsp3) is 0.625. The van der Waals surface area contributed by atoms with Gasteiger partial charge in [-0.1, -0.05) is 38.3 Å². The van der Waals surface area contributed by atoms with Gasteiger partial charge in [0.2, 0.25) is 0 Å². The number of hydrogen-bond donors (Lipinski definition) is 1. The summed E-state index contributed by atoms with van der Waals surface area (Å²) >= 11 is 1.56. The van der Waals surface area contributed by atoms with Crippen LogP contribution in [0.25, 0.3) is 0 Å². The van der Waals surface area contributed by atoms with Crippen molar-refractivity contribution in [1.82, 2.24) is 0 Å². The summed E-state index contributed by atoms with van der Waals surface area (Å²) in [5.41, 5.74) is 6.32. The zero-order chi connectivity index (χ0) is 13.7. The molecule has 106 valence electrons. The molecule has 0 radical (unpaired) electrons. The first-order chi connectivity index (χ1) is 9.20. The molecule has 2 rings (SSSR count). The average Bonchev–Trinajstić information content (AvgIpc) is 2.46. The second kappa shape index (κ2) is 7.30. The summed E-state index contributed by atoms with van der Waals surface area (Å²) in [7, 11) is 0. The van der Waals surface area contributed by atoms with E-state index < -0.39 is 0 Å². The highest BCUT2D eigenvalue weighted by Gasteiger charge is 2.25. The predicted octanol–water partition coefficient (Wildman–Crippen LogP) is 4.46. The van der Waals surface area contributed by atoms with E-state index in [4.69, 9.17) is 5.73 Å². The molecule has 0 saturated heterocycles. The van der Waals surface area contributed by atoms with Crippen molar-refractivity contribution in [3.8, 4) is 0 Å². The Morgan fingerprint density at radius 2 is 2.16 bits per heavy atom. The van der Waals surface area contributed by atoms with Gasteiger partial charge in [0.05, 0.1) is 0 Å². The molecule has 1 aromatic rings. The zero-order valence-corrected chi connectivity index (χ0v) is 12.5. The smallest absolute Gasteiger partial charge is 0.136 e. The fourth-order valence-electron chi connectivity index (χ4n) is 2.98. The van der Waals surface area contributed by atoms with Gasteiger partial charge in [-0.25, -0.2) is 4.39 Å². The van der Waals surface area contributed by atoms with E-state index in [1.54, 1.807) is 17.8 Å². The molecule has 1 aliphatic rings. The molecule has 0 aromatic heterocycles. The molecule has 3 unspecified atom stereocenters. The van der Waals surface area contributed by atoms with Gasteiger partial charge in [-0.2, -0.15) is 0 Å². The van der Waals surface area contributed by atoms with Crippen LogP contribution in [0.15, 0.2) is 29.2 Å². The third kappa shape index (κ3) is 4.22. The van der Waals surface area contributed by atoms with Gasteiger partial charge in [0.1, 0.15) is 5.82 Å². The van der Waals surface area contributed by atoms with E-state index >= 15 is 0 Å². The van der Waals surface area contributed by atoms with Crippen molar-refractivity contribution < 1.29 is 4.39 Å². The van der Waals surface area contributed by atoms with Gasteiger partial charge in [-0.05, 0) is 36.8 Å². The molecule has 19 heavy (non-hydrogen) atoms. The third-order valence-electron chi connectivity index (χ3n) is 4.27. The minimum atomic E-state index is -0.130. The summed E-state index contributed by atoms with van der Waals surface area (Å²) in [5.74, 6) is 2.16. The molecule has 0 aliphatic heterocycles. The summed E-state index contributed by atoms with van der Waals surface area (Å²) in [6.45, 7) is 2.27. The number of benzene rings is 1. The Morgan fingerprint density at radius 3 is 2.89 bits per heavy atom. The number of thioether (sulfide) groups is 1. The summed E-state index contributed by atoms with van der Waals surface area (Å²) < 4.78 is 13.5. The van der Waals surface area contributed by atoms with Crippen LogP contribution in [-0.4, -0.2) is 11.8 Å². The van der Waals surface area contributed by atoms with Crippen LogP contribution in [0.4, 0.5) is 4.39 Å². The molecule has 1 fully saturated rings. The average molecular weight is 281 g/mol. The lowest BCUT2D eigenvalue weighted by atomic mass is 9.77. The lowest BCUT2D eigenvalue weighted by Crippen LogP contribution is -2.35.